The van der Waals surface area contributed by atoms with Gasteiger partial charge in [0.1, 0.15) is 0 Å². The van der Waals surface area contributed by atoms with Gasteiger partial charge in [0.05, 0.1) is 16.7 Å². The van der Waals surface area contributed by atoms with Gasteiger partial charge in [-0.25, -0.2) is 5.43 Å². The summed E-state index contributed by atoms with van der Waals surface area (Å²) >= 11 is 0. The Labute approximate surface area is 133 Å². The van der Waals surface area contributed by atoms with Crippen LogP contribution in [0.25, 0.3) is 0 Å². The third kappa shape index (κ3) is 3.42. The summed E-state index contributed by atoms with van der Waals surface area (Å²) in [7, 11) is 0. The molecule has 1 N–H and O–H groups in total. The first-order valence-corrected chi connectivity index (χ1v) is 7.28. The second kappa shape index (κ2) is 6.39. The molecule has 116 valence electrons. The Balaban J connectivity index is 1.59. The van der Waals surface area contributed by atoms with E-state index < -0.39 is 4.92 Å². The molecule has 0 bridgehead atoms. The lowest BCUT2D eigenvalue weighted by molar-refractivity contribution is -0.385. The molecule has 1 aliphatic rings. The van der Waals surface area contributed by atoms with Gasteiger partial charge in [0.2, 0.25) is 5.91 Å². The molecule has 1 saturated carbocycles. The van der Waals surface area contributed by atoms with Crippen LogP contribution in [0.2, 0.25) is 0 Å². The van der Waals surface area contributed by atoms with Crippen molar-refractivity contribution >= 4 is 17.8 Å². The second-order valence-electron chi connectivity index (χ2n) is 5.41. The molecule has 6 heteroatoms. The van der Waals surface area contributed by atoms with E-state index in [0.29, 0.717) is 5.56 Å². The fraction of sp³-hybridized carbons (Fsp3) is 0.176. The van der Waals surface area contributed by atoms with Gasteiger partial charge in [-0.3, -0.25) is 14.9 Å². The molecular weight excluding hydrogens is 294 g/mol. The van der Waals surface area contributed by atoms with Gasteiger partial charge in [-0.15, -0.1) is 0 Å². The summed E-state index contributed by atoms with van der Waals surface area (Å²) < 4.78 is 0. The lowest BCUT2D eigenvalue weighted by Crippen LogP contribution is -2.20. The third-order valence-corrected chi connectivity index (χ3v) is 3.87. The van der Waals surface area contributed by atoms with E-state index in [1.807, 2.05) is 30.3 Å². The summed E-state index contributed by atoms with van der Waals surface area (Å²) in [5.74, 6) is -0.00791. The molecule has 0 heterocycles. The predicted molar refractivity (Wildman–Crippen MR) is 86.1 cm³/mol. The number of benzene rings is 2. The molecule has 23 heavy (non-hydrogen) atoms. The van der Waals surface area contributed by atoms with Crippen molar-refractivity contribution in [2.45, 2.75) is 12.3 Å². The molecule has 2 aromatic rings. The van der Waals surface area contributed by atoms with Crippen molar-refractivity contribution in [1.82, 2.24) is 5.43 Å². The molecule has 6 nitrogen and oxygen atoms in total. The molecule has 1 fully saturated rings. The zero-order chi connectivity index (χ0) is 16.2. The average Bonchev–Trinajstić information content (AvgIpc) is 3.36. The molecule has 0 saturated heterocycles. The first kappa shape index (κ1) is 14.9. The van der Waals surface area contributed by atoms with Gasteiger partial charge in [0.25, 0.3) is 5.69 Å². The van der Waals surface area contributed by atoms with Crippen molar-refractivity contribution in [2.75, 3.05) is 0 Å². The lowest BCUT2D eigenvalue weighted by Gasteiger charge is -2.00. The van der Waals surface area contributed by atoms with Crippen LogP contribution >= 0.6 is 0 Å². The molecule has 0 aromatic heterocycles. The second-order valence-corrected chi connectivity index (χ2v) is 5.41. The minimum atomic E-state index is -0.477. The Kier molecular flexibility index (Phi) is 4.14. The van der Waals surface area contributed by atoms with Crippen molar-refractivity contribution in [2.24, 2.45) is 11.0 Å². The van der Waals surface area contributed by atoms with Gasteiger partial charge in [-0.05, 0) is 24.0 Å². The number of para-hydroxylation sites is 1. The lowest BCUT2D eigenvalue weighted by atomic mass is 10.1. The number of rotatable bonds is 5. The Hall–Kier alpha value is -3.02. The fourth-order valence-electron chi connectivity index (χ4n) is 2.56. The zero-order valence-corrected chi connectivity index (χ0v) is 12.3. The number of hydrazone groups is 1. The van der Waals surface area contributed by atoms with Crippen LogP contribution < -0.4 is 5.43 Å². The number of nitro groups is 1. The fourth-order valence-corrected chi connectivity index (χ4v) is 2.56. The van der Waals surface area contributed by atoms with Crippen molar-refractivity contribution in [1.29, 1.82) is 0 Å². The van der Waals surface area contributed by atoms with Gasteiger partial charge in [0.15, 0.2) is 0 Å². The molecule has 3 rings (SSSR count). The van der Waals surface area contributed by atoms with Crippen LogP contribution in [0.15, 0.2) is 59.7 Å². The van der Waals surface area contributed by atoms with E-state index in [9.17, 15) is 14.9 Å². The van der Waals surface area contributed by atoms with Crippen LogP contribution in [0, 0.1) is 16.0 Å². The molecule has 1 aliphatic carbocycles. The topological polar surface area (TPSA) is 84.6 Å². The van der Waals surface area contributed by atoms with E-state index in [1.54, 1.807) is 18.2 Å². The molecule has 2 aromatic carbocycles. The molecular formula is C17H15N3O3. The Morgan fingerprint density at radius 1 is 1.17 bits per heavy atom. The Bertz CT molecular complexity index is 759. The Morgan fingerprint density at radius 3 is 2.61 bits per heavy atom. The van der Waals surface area contributed by atoms with E-state index in [2.05, 4.69) is 10.5 Å². The average molecular weight is 309 g/mol. The number of carbonyl (C=O) groups excluding carboxylic acids is 1. The summed E-state index contributed by atoms with van der Waals surface area (Å²) in [6, 6.07) is 16.1. The standard InChI is InChI=1S/C17H15N3O3/c21-17(15-10-14(15)12-6-2-1-3-7-12)19-18-11-13-8-4-5-9-16(13)20(22)23/h1-9,11,14-15H,10H2,(H,19,21)/b18-11-/t14-,15+/m0/s1. The normalized spacial score (nSPS) is 19.5. The number of carbonyl (C=O) groups is 1. The number of nitrogens with zero attached hydrogens (tertiary/aromatic N) is 2. The van der Waals surface area contributed by atoms with Crippen LogP contribution in [0.5, 0.6) is 0 Å². The molecule has 0 spiro atoms. The highest BCUT2D eigenvalue weighted by molar-refractivity contribution is 5.88. The van der Waals surface area contributed by atoms with Crippen LogP contribution in [0.4, 0.5) is 5.69 Å². The van der Waals surface area contributed by atoms with Gasteiger partial charge in [-0.1, -0.05) is 42.5 Å². The van der Waals surface area contributed by atoms with Gasteiger partial charge >= 0.3 is 0 Å². The first-order valence-electron chi connectivity index (χ1n) is 7.28. The maximum absolute atomic E-state index is 12.0. The van der Waals surface area contributed by atoms with E-state index in [1.165, 1.54) is 12.3 Å². The van der Waals surface area contributed by atoms with E-state index >= 15 is 0 Å². The van der Waals surface area contributed by atoms with Crippen molar-refractivity contribution in [3.05, 3.63) is 75.8 Å². The van der Waals surface area contributed by atoms with Crippen molar-refractivity contribution < 1.29 is 9.72 Å². The zero-order valence-electron chi connectivity index (χ0n) is 12.3. The van der Waals surface area contributed by atoms with E-state index in [4.69, 9.17) is 0 Å². The van der Waals surface area contributed by atoms with Gasteiger partial charge < -0.3 is 0 Å². The van der Waals surface area contributed by atoms with Gasteiger partial charge in [0, 0.05) is 12.0 Å². The van der Waals surface area contributed by atoms with Crippen LogP contribution in [-0.2, 0) is 4.79 Å². The largest absolute Gasteiger partial charge is 0.278 e. The highest BCUT2D eigenvalue weighted by Crippen LogP contribution is 2.47. The monoisotopic (exact) mass is 309 g/mol. The van der Waals surface area contributed by atoms with Crippen LogP contribution in [0.3, 0.4) is 0 Å². The quantitative estimate of drug-likeness (QED) is 0.523. The number of amides is 1. The molecule has 1 amide bonds. The highest BCUT2D eigenvalue weighted by atomic mass is 16.6. The maximum atomic E-state index is 12.0. The first-order chi connectivity index (χ1) is 11.2. The molecule has 0 aliphatic heterocycles. The predicted octanol–water partition coefficient (Wildman–Crippen LogP) is 2.85. The summed E-state index contributed by atoms with van der Waals surface area (Å²) in [4.78, 5) is 22.5. The number of hydrogen-bond donors (Lipinski definition) is 1. The summed E-state index contributed by atoms with van der Waals surface area (Å²) in [5, 5.41) is 14.7. The molecule has 0 unspecified atom stereocenters. The smallest absolute Gasteiger partial charge is 0.273 e. The summed E-state index contributed by atoms with van der Waals surface area (Å²) in [6.07, 6.45) is 2.10. The number of hydrogen-bond acceptors (Lipinski definition) is 4. The maximum Gasteiger partial charge on any atom is 0.278 e. The Morgan fingerprint density at radius 2 is 1.87 bits per heavy atom. The van der Waals surface area contributed by atoms with E-state index in [-0.39, 0.29) is 23.4 Å². The summed E-state index contributed by atoms with van der Waals surface area (Å²) in [5.41, 5.74) is 3.93. The molecule has 2 atom stereocenters. The third-order valence-electron chi connectivity index (χ3n) is 3.87. The summed E-state index contributed by atoms with van der Waals surface area (Å²) in [6.45, 7) is 0. The van der Waals surface area contributed by atoms with Crippen molar-refractivity contribution in [3.63, 3.8) is 0 Å². The minimum absolute atomic E-state index is 0.0425. The number of nitro benzene ring substituents is 1. The number of nitrogens with one attached hydrogen (secondary N) is 1. The molecule has 0 radical (unpaired) electrons. The highest BCUT2D eigenvalue weighted by Gasteiger charge is 2.43. The van der Waals surface area contributed by atoms with Crippen LogP contribution in [0.1, 0.15) is 23.5 Å². The van der Waals surface area contributed by atoms with E-state index in [0.717, 1.165) is 12.0 Å². The SMILES string of the molecule is O=C(N/N=C\c1ccccc1[N+](=O)[O-])[C@@H]1C[C@H]1c1ccccc1. The van der Waals surface area contributed by atoms with Crippen LogP contribution in [-0.4, -0.2) is 17.0 Å². The minimum Gasteiger partial charge on any atom is -0.273 e. The van der Waals surface area contributed by atoms with Gasteiger partial charge in [-0.2, -0.15) is 5.10 Å². The van der Waals surface area contributed by atoms with Crippen molar-refractivity contribution in [3.8, 4) is 0 Å².